The smallest absolute Gasteiger partial charge is 0.341 e. The lowest BCUT2D eigenvalue weighted by molar-refractivity contribution is 0.0597. The van der Waals surface area contributed by atoms with Crippen molar-refractivity contribution < 1.29 is 14.6 Å². The summed E-state index contributed by atoms with van der Waals surface area (Å²) in [5.41, 5.74) is 6.24. The van der Waals surface area contributed by atoms with Crippen LogP contribution in [0.5, 0.6) is 5.75 Å². The van der Waals surface area contributed by atoms with Crippen LogP contribution in [-0.2, 0) is 4.74 Å². The van der Waals surface area contributed by atoms with Gasteiger partial charge in [-0.3, -0.25) is 0 Å². The van der Waals surface area contributed by atoms with Gasteiger partial charge in [0.1, 0.15) is 11.3 Å². The number of carbonyl (C=O) groups excluding carboxylic acids is 1. The first-order valence-corrected chi connectivity index (χ1v) is 4.47. The topological polar surface area (TPSA) is 72.5 Å². The maximum Gasteiger partial charge on any atom is 0.341 e. The molecule has 0 amide bonds. The van der Waals surface area contributed by atoms with Crippen LogP contribution in [0.2, 0.25) is 0 Å². The molecule has 1 aromatic carbocycles. The van der Waals surface area contributed by atoms with Crippen LogP contribution in [0.1, 0.15) is 15.9 Å². The summed E-state index contributed by atoms with van der Waals surface area (Å²) in [6.07, 6.45) is 3.53. The van der Waals surface area contributed by atoms with Crippen LogP contribution in [0.3, 0.4) is 0 Å². The number of phenolic OH excluding ortho intramolecular Hbond substituents is 1. The highest BCUT2D eigenvalue weighted by atomic mass is 16.5. The molecule has 0 bridgehead atoms. The van der Waals surface area contributed by atoms with Crippen molar-refractivity contribution in [3.05, 3.63) is 35.4 Å². The van der Waals surface area contributed by atoms with Crippen LogP contribution < -0.4 is 5.73 Å². The van der Waals surface area contributed by atoms with Crippen molar-refractivity contribution in [1.29, 1.82) is 0 Å². The molecular weight excluding hydrogens is 194 g/mol. The molecule has 3 N–H and O–H groups in total. The highest BCUT2D eigenvalue weighted by Gasteiger charge is 2.10. The lowest BCUT2D eigenvalue weighted by atomic mass is 10.1. The van der Waals surface area contributed by atoms with E-state index in [0.717, 1.165) is 5.56 Å². The van der Waals surface area contributed by atoms with Crippen molar-refractivity contribution in [2.24, 2.45) is 5.73 Å². The molecule has 0 spiro atoms. The van der Waals surface area contributed by atoms with E-state index in [-0.39, 0.29) is 11.3 Å². The average Bonchev–Trinajstić information content (AvgIpc) is 2.27. The Kier molecular flexibility index (Phi) is 3.88. The van der Waals surface area contributed by atoms with Gasteiger partial charge in [0, 0.05) is 6.54 Å². The molecule has 4 heteroatoms. The van der Waals surface area contributed by atoms with Crippen molar-refractivity contribution in [2.75, 3.05) is 13.7 Å². The fourth-order valence-corrected chi connectivity index (χ4v) is 1.13. The van der Waals surface area contributed by atoms with Crippen LogP contribution in [0.4, 0.5) is 0 Å². The molecule has 80 valence electrons. The Labute approximate surface area is 88.0 Å². The van der Waals surface area contributed by atoms with Gasteiger partial charge in [-0.2, -0.15) is 0 Å². The summed E-state index contributed by atoms with van der Waals surface area (Å²) in [4.78, 5) is 11.2. The molecule has 0 heterocycles. The van der Waals surface area contributed by atoms with Crippen molar-refractivity contribution in [2.45, 2.75) is 0 Å². The van der Waals surface area contributed by atoms with Gasteiger partial charge in [-0.1, -0.05) is 18.2 Å². The first kappa shape index (κ1) is 11.3. The van der Waals surface area contributed by atoms with Gasteiger partial charge in [-0.15, -0.1) is 0 Å². The second kappa shape index (κ2) is 5.17. The quantitative estimate of drug-likeness (QED) is 0.729. The molecule has 0 saturated carbocycles. The minimum absolute atomic E-state index is 0.0910. The molecule has 0 aliphatic heterocycles. The van der Waals surface area contributed by atoms with Gasteiger partial charge in [-0.25, -0.2) is 4.79 Å². The van der Waals surface area contributed by atoms with Crippen LogP contribution >= 0.6 is 0 Å². The zero-order chi connectivity index (χ0) is 11.3. The summed E-state index contributed by atoms with van der Waals surface area (Å²) >= 11 is 0. The van der Waals surface area contributed by atoms with Crippen LogP contribution in [-0.4, -0.2) is 24.7 Å². The Morgan fingerprint density at radius 3 is 2.93 bits per heavy atom. The highest BCUT2D eigenvalue weighted by molar-refractivity contribution is 5.93. The Morgan fingerprint density at radius 1 is 1.60 bits per heavy atom. The van der Waals surface area contributed by atoms with E-state index in [2.05, 4.69) is 4.74 Å². The first-order valence-electron chi connectivity index (χ1n) is 4.47. The van der Waals surface area contributed by atoms with Crippen LogP contribution in [0.15, 0.2) is 24.3 Å². The number of aromatic hydroxyl groups is 1. The van der Waals surface area contributed by atoms with E-state index in [1.54, 1.807) is 24.3 Å². The van der Waals surface area contributed by atoms with E-state index in [1.165, 1.54) is 13.2 Å². The lowest BCUT2D eigenvalue weighted by Crippen LogP contribution is -2.01. The third-order valence-electron chi connectivity index (χ3n) is 1.87. The highest BCUT2D eigenvalue weighted by Crippen LogP contribution is 2.19. The van der Waals surface area contributed by atoms with E-state index in [9.17, 15) is 9.90 Å². The Bertz CT molecular complexity index is 385. The molecule has 0 aliphatic rings. The predicted molar refractivity (Wildman–Crippen MR) is 57.5 cm³/mol. The van der Waals surface area contributed by atoms with Gasteiger partial charge < -0.3 is 15.6 Å². The normalized spacial score (nSPS) is 10.5. The maximum atomic E-state index is 11.2. The zero-order valence-corrected chi connectivity index (χ0v) is 8.43. The third kappa shape index (κ3) is 2.82. The monoisotopic (exact) mass is 207 g/mol. The molecule has 0 atom stereocenters. The number of carbonyl (C=O) groups is 1. The van der Waals surface area contributed by atoms with Crippen LogP contribution in [0, 0.1) is 0 Å². The summed E-state index contributed by atoms with van der Waals surface area (Å²) < 4.78 is 4.53. The molecule has 15 heavy (non-hydrogen) atoms. The molecule has 4 nitrogen and oxygen atoms in total. The van der Waals surface area contributed by atoms with Crippen molar-refractivity contribution in [3.63, 3.8) is 0 Å². The molecule has 0 saturated heterocycles. The number of hydrogen-bond donors (Lipinski definition) is 2. The molecule has 0 aromatic heterocycles. The molecule has 0 fully saturated rings. The fourth-order valence-electron chi connectivity index (χ4n) is 1.13. The fraction of sp³-hybridized carbons (Fsp3) is 0.182. The van der Waals surface area contributed by atoms with Gasteiger partial charge in [0.15, 0.2) is 0 Å². The first-order chi connectivity index (χ1) is 7.19. The second-order valence-corrected chi connectivity index (χ2v) is 2.91. The Balaban J connectivity index is 3.05. The van der Waals surface area contributed by atoms with Gasteiger partial charge in [-0.05, 0) is 17.7 Å². The van der Waals surface area contributed by atoms with Gasteiger partial charge >= 0.3 is 5.97 Å². The standard InChI is InChI=1S/C11H13NO3/c1-15-11(14)9-7-8(3-2-6-12)4-5-10(9)13/h2-5,7,13H,6,12H2,1H3. The number of phenols is 1. The summed E-state index contributed by atoms with van der Waals surface area (Å²) in [7, 11) is 1.27. The summed E-state index contributed by atoms with van der Waals surface area (Å²) in [5, 5.41) is 9.41. The second-order valence-electron chi connectivity index (χ2n) is 2.91. The Morgan fingerprint density at radius 2 is 2.33 bits per heavy atom. The van der Waals surface area contributed by atoms with Crippen molar-refractivity contribution in [3.8, 4) is 5.75 Å². The molecule has 0 radical (unpaired) electrons. The predicted octanol–water partition coefficient (Wildman–Crippen LogP) is 1.15. The lowest BCUT2D eigenvalue weighted by Gasteiger charge is -2.03. The molecular formula is C11H13NO3. The number of methoxy groups -OCH3 is 1. The molecule has 1 aromatic rings. The number of ether oxygens (including phenoxy) is 1. The minimum atomic E-state index is -0.560. The number of nitrogens with two attached hydrogens (primary N) is 1. The molecule has 0 unspecified atom stereocenters. The van der Waals surface area contributed by atoms with Gasteiger partial charge in [0.05, 0.1) is 7.11 Å². The van der Waals surface area contributed by atoms with E-state index in [0.29, 0.717) is 6.54 Å². The van der Waals surface area contributed by atoms with E-state index < -0.39 is 5.97 Å². The van der Waals surface area contributed by atoms with E-state index >= 15 is 0 Å². The zero-order valence-electron chi connectivity index (χ0n) is 8.43. The number of benzene rings is 1. The van der Waals surface area contributed by atoms with Crippen LogP contribution in [0.25, 0.3) is 6.08 Å². The number of rotatable bonds is 3. The summed E-state index contributed by atoms with van der Waals surface area (Å²) in [6.45, 7) is 0.425. The summed E-state index contributed by atoms with van der Waals surface area (Å²) in [5.74, 6) is -0.651. The van der Waals surface area contributed by atoms with Crippen molar-refractivity contribution in [1.82, 2.24) is 0 Å². The largest absolute Gasteiger partial charge is 0.507 e. The number of esters is 1. The van der Waals surface area contributed by atoms with Crippen molar-refractivity contribution >= 4 is 12.0 Å². The van der Waals surface area contributed by atoms with E-state index in [4.69, 9.17) is 5.73 Å². The Hall–Kier alpha value is -1.81. The van der Waals surface area contributed by atoms with Gasteiger partial charge in [0.25, 0.3) is 0 Å². The number of hydrogen-bond acceptors (Lipinski definition) is 4. The average molecular weight is 207 g/mol. The SMILES string of the molecule is COC(=O)c1cc(C=CCN)ccc1O. The minimum Gasteiger partial charge on any atom is -0.507 e. The van der Waals surface area contributed by atoms with E-state index in [1.807, 2.05) is 0 Å². The molecule has 1 rings (SSSR count). The summed E-state index contributed by atoms with van der Waals surface area (Å²) in [6, 6.07) is 4.68. The van der Waals surface area contributed by atoms with Gasteiger partial charge in [0.2, 0.25) is 0 Å². The third-order valence-corrected chi connectivity index (χ3v) is 1.87. The maximum absolute atomic E-state index is 11.2. The molecule has 0 aliphatic carbocycles.